The highest BCUT2D eigenvalue weighted by molar-refractivity contribution is 5.80. The van der Waals surface area contributed by atoms with Gasteiger partial charge in [-0.05, 0) is 26.3 Å². The first-order chi connectivity index (χ1) is 8.54. The number of rotatable bonds is 7. The van der Waals surface area contributed by atoms with E-state index in [0.29, 0.717) is 13.2 Å². The summed E-state index contributed by atoms with van der Waals surface area (Å²) in [6.45, 7) is 7.72. The van der Waals surface area contributed by atoms with Gasteiger partial charge in [0.15, 0.2) is 0 Å². The third kappa shape index (κ3) is 4.94. The van der Waals surface area contributed by atoms with E-state index < -0.39 is 0 Å². The highest BCUT2D eigenvalue weighted by Crippen LogP contribution is 2.14. The molecule has 3 unspecified atom stereocenters. The number of likely N-dealkylation sites (N-methyl/N-ethyl adjacent to an activating group) is 1. The molecule has 0 aromatic carbocycles. The number of carbonyl (C=O) groups excluding carboxylic acids is 1. The number of hydrogen-bond acceptors (Lipinski definition) is 3. The minimum Gasteiger partial charge on any atom is -0.379 e. The Bertz CT molecular complexity index is 256. The minimum absolute atomic E-state index is 0.0393. The van der Waals surface area contributed by atoms with E-state index in [4.69, 9.17) is 4.74 Å². The number of ether oxygens (including phenoxy) is 1. The summed E-state index contributed by atoms with van der Waals surface area (Å²) in [6, 6.07) is 0.419. The maximum atomic E-state index is 12.1. The monoisotopic (exact) mass is 256 g/mol. The van der Waals surface area contributed by atoms with Gasteiger partial charge < -0.3 is 15.4 Å². The van der Waals surface area contributed by atoms with Crippen LogP contribution in [0.4, 0.5) is 0 Å². The van der Waals surface area contributed by atoms with Crippen LogP contribution in [0.2, 0.25) is 0 Å². The van der Waals surface area contributed by atoms with Crippen molar-refractivity contribution in [2.24, 2.45) is 11.8 Å². The number of amides is 1. The highest BCUT2D eigenvalue weighted by Gasteiger charge is 2.33. The van der Waals surface area contributed by atoms with Crippen LogP contribution in [0.25, 0.3) is 0 Å². The summed E-state index contributed by atoms with van der Waals surface area (Å²) in [7, 11) is 1.88. The average Bonchev–Trinajstić information content (AvgIpc) is 2.76. The molecular formula is C14H28N2O2. The third-order valence-corrected chi connectivity index (χ3v) is 3.60. The van der Waals surface area contributed by atoms with Crippen LogP contribution >= 0.6 is 0 Å². The molecule has 0 saturated carbocycles. The van der Waals surface area contributed by atoms with Crippen molar-refractivity contribution in [1.29, 1.82) is 0 Å². The van der Waals surface area contributed by atoms with E-state index >= 15 is 0 Å². The van der Waals surface area contributed by atoms with Crippen LogP contribution in [-0.4, -0.2) is 38.3 Å². The van der Waals surface area contributed by atoms with Crippen LogP contribution in [0.15, 0.2) is 0 Å². The second kappa shape index (κ2) is 7.74. The van der Waals surface area contributed by atoms with Gasteiger partial charge in [0.05, 0.1) is 19.1 Å². The molecule has 4 nitrogen and oxygen atoms in total. The van der Waals surface area contributed by atoms with Crippen LogP contribution in [0.3, 0.4) is 0 Å². The van der Waals surface area contributed by atoms with Gasteiger partial charge in [-0.15, -0.1) is 0 Å². The molecule has 1 rings (SSSR count). The van der Waals surface area contributed by atoms with Crippen molar-refractivity contribution in [3.8, 4) is 0 Å². The Balaban J connectivity index is 2.26. The predicted octanol–water partition coefficient (Wildman–Crippen LogP) is 1.55. The van der Waals surface area contributed by atoms with Gasteiger partial charge in [0.25, 0.3) is 0 Å². The fourth-order valence-electron chi connectivity index (χ4n) is 2.35. The summed E-state index contributed by atoms with van der Waals surface area (Å²) in [5, 5.41) is 6.24. The molecular weight excluding hydrogens is 228 g/mol. The molecule has 2 N–H and O–H groups in total. The van der Waals surface area contributed by atoms with E-state index in [1.807, 2.05) is 7.05 Å². The summed E-state index contributed by atoms with van der Waals surface area (Å²) in [6.07, 6.45) is 3.46. The van der Waals surface area contributed by atoms with E-state index in [1.54, 1.807) is 0 Å². The summed E-state index contributed by atoms with van der Waals surface area (Å²) in [5.41, 5.74) is 0. The molecule has 0 aromatic heterocycles. The van der Waals surface area contributed by atoms with Crippen LogP contribution < -0.4 is 10.6 Å². The molecule has 1 aliphatic rings. The van der Waals surface area contributed by atoms with Gasteiger partial charge in [-0.2, -0.15) is 0 Å². The Hall–Kier alpha value is -0.610. The van der Waals surface area contributed by atoms with E-state index in [1.165, 1.54) is 12.8 Å². The second-order valence-electron chi connectivity index (χ2n) is 5.77. The molecule has 0 aliphatic carbocycles. The lowest BCUT2D eigenvalue weighted by Gasteiger charge is -2.20. The molecule has 4 heteroatoms. The fourth-order valence-corrected chi connectivity index (χ4v) is 2.35. The highest BCUT2D eigenvalue weighted by atomic mass is 16.5. The molecule has 3 atom stereocenters. The van der Waals surface area contributed by atoms with Gasteiger partial charge in [0.2, 0.25) is 5.91 Å². The lowest BCUT2D eigenvalue weighted by atomic mass is 10.0. The Morgan fingerprint density at radius 3 is 2.61 bits per heavy atom. The molecule has 0 aromatic rings. The van der Waals surface area contributed by atoms with Crippen molar-refractivity contribution in [1.82, 2.24) is 10.6 Å². The van der Waals surface area contributed by atoms with Crippen molar-refractivity contribution >= 4 is 5.91 Å². The zero-order valence-electron chi connectivity index (χ0n) is 12.2. The summed E-state index contributed by atoms with van der Waals surface area (Å²) in [4.78, 5) is 12.1. The Kier molecular flexibility index (Phi) is 6.65. The number of hydrogen-bond donors (Lipinski definition) is 2. The number of nitrogens with one attached hydrogen (secondary N) is 2. The van der Waals surface area contributed by atoms with Gasteiger partial charge in [-0.3, -0.25) is 4.79 Å². The fraction of sp³-hybridized carbons (Fsp3) is 0.929. The van der Waals surface area contributed by atoms with E-state index in [0.717, 1.165) is 12.3 Å². The summed E-state index contributed by atoms with van der Waals surface area (Å²) in [5.74, 6) is 0.830. The molecule has 0 spiro atoms. The van der Waals surface area contributed by atoms with E-state index in [2.05, 4.69) is 31.4 Å². The first kappa shape index (κ1) is 15.4. The van der Waals surface area contributed by atoms with Gasteiger partial charge in [-0.1, -0.05) is 26.7 Å². The van der Waals surface area contributed by atoms with Crippen LogP contribution in [0.5, 0.6) is 0 Å². The summed E-state index contributed by atoms with van der Waals surface area (Å²) < 4.78 is 5.35. The van der Waals surface area contributed by atoms with Crippen LogP contribution in [0.1, 0.15) is 40.0 Å². The maximum absolute atomic E-state index is 12.1. The first-order valence-electron chi connectivity index (χ1n) is 7.10. The molecule has 18 heavy (non-hydrogen) atoms. The lowest BCUT2D eigenvalue weighted by Crippen LogP contribution is -2.45. The van der Waals surface area contributed by atoms with Crippen molar-refractivity contribution in [3.05, 3.63) is 0 Å². The third-order valence-electron chi connectivity index (χ3n) is 3.60. The van der Waals surface area contributed by atoms with Gasteiger partial charge in [0.1, 0.15) is 0 Å². The Labute approximate surface area is 111 Å². The van der Waals surface area contributed by atoms with Gasteiger partial charge >= 0.3 is 0 Å². The molecule has 0 radical (unpaired) electrons. The molecule has 0 bridgehead atoms. The first-order valence-corrected chi connectivity index (χ1v) is 7.10. The normalized spacial score (nSPS) is 25.4. The second-order valence-corrected chi connectivity index (χ2v) is 5.77. The van der Waals surface area contributed by atoms with Crippen molar-refractivity contribution in [3.63, 3.8) is 0 Å². The van der Waals surface area contributed by atoms with Crippen LogP contribution in [0, 0.1) is 11.8 Å². The number of carbonyl (C=O) groups is 1. The van der Waals surface area contributed by atoms with E-state index in [-0.39, 0.29) is 23.9 Å². The smallest absolute Gasteiger partial charge is 0.227 e. The molecule has 1 amide bonds. The maximum Gasteiger partial charge on any atom is 0.227 e. The zero-order valence-corrected chi connectivity index (χ0v) is 12.2. The lowest BCUT2D eigenvalue weighted by molar-refractivity contribution is -0.126. The Morgan fingerprint density at radius 2 is 2.00 bits per heavy atom. The molecule has 106 valence electrons. The van der Waals surface area contributed by atoms with Gasteiger partial charge in [0, 0.05) is 12.1 Å². The topological polar surface area (TPSA) is 50.4 Å². The van der Waals surface area contributed by atoms with Crippen LogP contribution in [-0.2, 0) is 9.53 Å². The SMILES string of the molecule is CNC1COCC1C(=O)NC(C)CCCC(C)C. The van der Waals surface area contributed by atoms with Gasteiger partial charge in [-0.25, -0.2) is 0 Å². The Morgan fingerprint density at radius 1 is 1.28 bits per heavy atom. The minimum atomic E-state index is -0.0393. The van der Waals surface area contributed by atoms with E-state index in [9.17, 15) is 4.79 Å². The molecule has 1 heterocycles. The molecule has 1 saturated heterocycles. The molecule has 1 aliphatic heterocycles. The van der Waals surface area contributed by atoms with Crippen molar-refractivity contribution < 1.29 is 9.53 Å². The average molecular weight is 256 g/mol. The zero-order chi connectivity index (χ0) is 13.5. The largest absolute Gasteiger partial charge is 0.379 e. The standard InChI is InChI=1S/C14H28N2O2/c1-10(2)6-5-7-11(3)16-14(17)12-8-18-9-13(12)15-4/h10-13,15H,5-9H2,1-4H3,(H,16,17). The van der Waals surface area contributed by atoms with Crippen molar-refractivity contribution in [2.75, 3.05) is 20.3 Å². The summed E-state index contributed by atoms with van der Waals surface area (Å²) >= 11 is 0. The van der Waals surface area contributed by atoms with Crippen molar-refractivity contribution in [2.45, 2.75) is 52.1 Å². The molecule has 1 fully saturated rings. The quantitative estimate of drug-likeness (QED) is 0.726. The predicted molar refractivity (Wildman–Crippen MR) is 73.5 cm³/mol.